The van der Waals surface area contributed by atoms with Gasteiger partial charge in [0.05, 0.1) is 5.41 Å². The van der Waals surface area contributed by atoms with Crippen LogP contribution in [0.2, 0.25) is 0 Å². The van der Waals surface area contributed by atoms with E-state index in [4.69, 9.17) is 0 Å². The molecule has 0 bridgehead atoms. The molecule has 1 aliphatic rings. The van der Waals surface area contributed by atoms with Crippen LogP contribution >= 0.6 is 0 Å². The first kappa shape index (κ1) is 26.4. The summed E-state index contributed by atoms with van der Waals surface area (Å²) in [6.07, 6.45) is 0. The van der Waals surface area contributed by atoms with Gasteiger partial charge < -0.3 is 0 Å². The molecule has 0 nitrogen and oxygen atoms in total. The zero-order valence-corrected chi connectivity index (χ0v) is 25.2. The number of rotatable bonds is 5. The molecule has 44 heavy (non-hydrogen) atoms. The van der Waals surface area contributed by atoms with Crippen molar-refractivity contribution in [2.75, 3.05) is 0 Å². The highest BCUT2D eigenvalue weighted by atomic mass is 14.5. The minimum absolute atomic E-state index is 0.412. The summed E-state index contributed by atoms with van der Waals surface area (Å²) in [6.45, 7) is 4.50. The number of benzene rings is 7. The lowest BCUT2D eigenvalue weighted by Gasteiger charge is -2.34. The molecule has 0 heteroatoms. The van der Waals surface area contributed by atoms with Crippen LogP contribution in [-0.2, 0) is 5.41 Å². The average molecular weight is 563 g/mol. The Morgan fingerprint density at radius 2 is 0.932 bits per heavy atom. The van der Waals surface area contributed by atoms with Crippen molar-refractivity contribution in [1.29, 1.82) is 0 Å². The molecule has 7 aromatic carbocycles. The van der Waals surface area contributed by atoms with Crippen molar-refractivity contribution >= 4 is 10.8 Å². The molecule has 0 heterocycles. The lowest BCUT2D eigenvalue weighted by atomic mass is 9.67. The Morgan fingerprint density at radius 1 is 0.409 bits per heavy atom. The Kier molecular flexibility index (Phi) is 6.31. The molecule has 0 unspecified atom stereocenters. The van der Waals surface area contributed by atoms with Gasteiger partial charge in [-0.15, -0.1) is 0 Å². The van der Waals surface area contributed by atoms with Gasteiger partial charge in [0.2, 0.25) is 0 Å². The van der Waals surface area contributed by atoms with E-state index in [0.717, 1.165) is 0 Å². The second kappa shape index (κ2) is 10.5. The second-order valence-electron chi connectivity index (χ2n) is 12.3. The molecule has 0 amide bonds. The van der Waals surface area contributed by atoms with E-state index in [0.29, 0.717) is 5.92 Å². The molecule has 0 spiro atoms. The largest absolute Gasteiger partial charge is 0.0713 e. The third-order valence-corrected chi connectivity index (χ3v) is 9.56. The number of hydrogen-bond acceptors (Lipinski definition) is 0. The summed E-state index contributed by atoms with van der Waals surface area (Å²) in [5, 5.41) is 2.56. The molecular formula is C44H34. The van der Waals surface area contributed by atoms with Gasteiger partial charge in [-0.25, -0.2) is 0 Å². The second-order valence-corrected chi connectivity index (χ2v) is 12.3. The molecule has 0 aromatic heterocycles. The molecule has 0 saturated carbocycles. The van der Waals surface area contributed by atoms with Crippen molar-refractivity contribution in [3.63, 3.8) is 0 Å². The smallest absolute Gasteiger partial charge is 0.0622 e. The summed E-state index contributed by atoms with van der Waals surface area (Å²) in [7, 11) is 0. The highest BCUT2D eigenvalue weighted by Crippen LogP contribution is 2.56. The molecule has 0 saturated heterocycles. The van der Waals surface area contributed by atoms with E-state index in [-0.39, 0.29) is 0 Å². The summed E-state index contributed by atoms with van der Waals surface area (Å²) in [5.41, 5.74) is 13.9. The summed E-state index contributed by atoms with van der Waals surface area (Å²) in [6, 6.07) is 60.8. The molecule has 0 N–H and O–H groups in total. The third kappa shape index (κ3) is 3.98. The topological polar surface area (TPSA) is 0 Å². The van der Waals surface area contributed by atoms with Crippen molar-refractivity contribution in [3.05, 3.63) is 192 Å². The molecule has 0 aliphatic heterocycles. The normalized spacial score (nSPS) is 13.2. The molecule has 0 radical (unpaired) electrons. The molecule has 0 atom stereocenters. The fourth-order valence-electron chi connectivity index (χ4n) is 7.48. The van der Waals surface area contributed by atoms with Gasteiger partial charge in [0.25, 0.3) is 0 Å². The van der Waals surface area contributed by atoms with Crippen LogP contribution in [0.3, 0.4) is 0 Å². The lowest BCUT2D eigenvalue weighted by Crippen LogP contribution is -2.28. The maximum absolute atomic E-state index is 2.47. The maximum Gasteiger partial charge on any atom is 0.0713 e. The highest BCUT2D eigenvalue weighted by Gasteiger charge is 2.46. The van der Waals surface area contributed by atoms with Crippen molar-refractivity contribution in [3.8, 4) is 33.4 Å². The first-order chi connectivity index (χ1) is 21.7. The van der Waals surface area contributed by atoms with Crippen molar-refractivity contribution in [2.45, 2.75) is 25.2 Å². The van der Waals surface area contributed by atoms with Crippen molar-refractivity contribution in [2.24, 2.45) is 0 Å². The Morgan fingerprint density at radius 3 is 1.57 bits per heavy atom. The predicted molar refractivity (Wildman–Crippen MR) is 186 cm³/mol. The Labute approximate surface area is 260 Å². The van der Waals surface area contributed by atoms with Crippen LogP contribution in [-0.4, -0.2) is 0 Å². The van der Waals surface area contributed by atoms with E-state index >= 15 is 0 Å². The monoisotopic (exact) mass is 562 g/mol. The van der Waals surface area contributed by atoms with Crippen molar-refractivity contribution in [1.82, 2.24) is 0 Å². The maximum atomic E-state index is 2.47. The fraction of sp³-hybridized carbons (Fsp3) is 0.0909. The molecule has 0 fully saturated rings. The lowest BCUT2D eigenvalue weighted by molar-refractivity contribution is 0.769. The van der Waals surface area contributed by atoms with Gasteiger partial charge in [-0.1, -0.05) is 172 Å². The van der Waals surface area contributed by atoms with Crippen LogP contribution in [0.15, 0.2) is 164 Å². The average Bonchev–Trinajstić information content (AvgIpc) is 3.39. The minimum Gasteiger partial charge on any atom is -0.0622 e. The predicted octanol–water partition coefficient (Wildman–Crippen LogP) is 11.7. The van der Waals surface area contributed by atoms with E-state index in [1.165, 1.54) is 72.0 Å². The van der Waals surface area contributed by atoms with Crippen LogP contribution < -0.4 is 0 Å². The summed E-state index contributed by atoms with van der Waals surface area (Å²) in [4.78, 5) is 0. The van der Waals surface area contributed by atoms with E-state index in [9.17, 15) is 0 Å². The van der Waals surface area contributed by atoms with Gasteiger partial charge in [0.15, 0.2) is 0 Å². The van der Waals surface area contributed by atoms with Gasteiger partial charge in [0.1, 0.15) is 0 Å². The van der Waals surface area contributed by atoms with Crippen LogP contribution in [0.1, 0.15) is 47.6 Å². The molecule has 7 aromatic rings. The number of hydrogen-bond donors (Lipinski definition) is 0. The minimum atomic E-state index is -0.412. The summed E-state index contributed by atoms with van der Waals surface area (Å²) >= 11 is 0. The fourth-order valence-corrected chi connectivity index (χ4v) is 7.48. The van der Waals surface area contributed by atoms with Gasteiger partial charge in [-0.3, -0.25) is 0 Å². The first-order valence-electron chi connectivity index (χ1n) is 15.6. The standard InChI is InChI=1S/C44H34/c1-30(2)31-23-25-32(26-24-31)37-20-11-13-33-14-12-21-38(43(33)37)34-27-28-40-39-19-9-10-22-41(39)44(42(40)29-34,35-15-5-3-6-16-35)36-17-7-4-8-18-36/h3-30H,1-2H3. The zero-order chi connectivity index (χ0) is 29.7. The van der Waals surface area contributed by atoms with Crippen LogP contribution in [0, 0.1) is 0 Å². The zero-order valence-electron chi connectivity index (χ0n) is 25.2. The SMILES string of the molecule is CC(C)c1ccc(-c2cccc3cccc(-c4ccc5c(c4)C(c4ccccc4)(c4ccccc4)c4ccccc4-5)c23)cc1. The van der Waals surface area contributed by atoms with E-state index in [1.807, 2.05) is 0 Å². The molecular weight excluding hydrogens is 528 g/mol. The molecule has 8 rings (SSSR count). The third-order valence-electron chi connectivity index (χ3n) is 9.56. The van der Waals surface area contributed by atoms with Gasteiger partial charge in [-0.05, 0) is 84.0 Å². The quantitative estimate of drug-likeness (QED) is 0.196. The van der Waals surface area contributed by atoms with Crippen LogP contribution in [0.5, 0.6) is 0 Å². The van der Waals surface area contributed by atoms with Crippen LogP contribution in [0.4, 0.5) is 0 Å². The highest BCUT2D eigenvalue weighted by molar-refractivity contribution is 6.07. The van der Waals surface area contributed by atoms with Gasteiger partial charge in [0, 0.05) is 0 Å². The summed E-state index contributed by atoms with van der Waals surface area (Å²) in [5.74, 6) is 0.511. The summed E-state index contributed by atoms with van der Waals surface area (Å²) < 4.78 is 0. The first-order valence-corrected chi connectivity index (χ1v) is 15.6. The van der Waals surface area contributed by atoms with E-state index in [1.54, 1.807) is 0 Å². The van der Waals surface area contributed by atoms with E-state index < -0.39 is 5.41 Å². The van der Waals surface area contributed by atoms with Gasteiger partial charge in [-0.2, -0.15) is 0 Å². The Hall–Kier alpha value is -5.20. The van der Waals surface area contributed by atoms with Crippen LogP contribution in [0.25, 0.3) is 44.2 Å². The van der Waals surface area contributed by atoms with Crippen molar-refractivity contribution < 1.29 is 0 Å². The van der Waals surface area contributed by atoms with Gasteiger partial charge >= 0.3 is 0 Å². The van der Waals surface area contributed by atoms with E-state index in [2.05, 4.69) is 178 Å². The Balaban J connectivity index is 1.41. The molecule has 1 aliphatic carbocycles. The number of fused-ring (bicyclic) bond motifs is 4. The molecule has 210 valence electrons. The Bertz CT molecular complexity index is 2070.